The Morgan fingerprint density at radius 3 is 2.56 bits per heavy atom. The molecular weight excluding hydrogens is 342 g/mol. The molecular formula is C8H7F3INO3. The van der Waals surface area contributed by atoms with Crippen molar-refractivity contribution in [2.45, 2.75) is 13.0 Å². The minimum Gasteiger partial charge on any atom is -0.481 e. The van der Waals surface area contributed by atoms with E-state index in [0.717, 1.165) is 6.07 Å². The number of aliphatic hydroxyl groups excluding tert-OH is 1. The molecule has 0 aliphatic heterocycles. The van der Waals surface area contributed by atoms with Crippen molar-refractivity contribution in [2.24, 2.45) is 0 Å². The van der Waals surface area contributed by atoms with E-state index >= 15 is 0 Å². The van der Waals surface area contributed by atoms with E-state index in [-0.39, 0.29) is 15.1 Å². The first kappa shape index (κ1) is 13.3. The van der Waals surface area contributed by atoms with Gasteiger partial charge in [0.25, 0.3) is 0 Å². The smallest absolute Gasteiger partial charge is 0.481 e. The zero-order valence-electron chi connectivity index (χ0n) is 8.01. The van der Waals surface area contributed by atoms with Crippen molar-refractivity contribution in [3.63, 3.8) is 0 Å². The van der Waals surface area contributed by atoms with Crippen LogP contribution in [0.25, 0.3) is 0 Å². The average molecular weight is 349 g/mol. The van der Waals surface area contributed by atoms with E-state index in [1.807, 2.05) is 0 Å². The highest BCUT2D eigenvalue weighted by molar-refractivity contribution is 14.1. The van der Waals surface area contributed by atoms with E-state index in [1.165, 1.54) is 7.11 Å². The van der Waals surface area contributed by atoms with Gasteiger partial charge in [0.2, 0.25) is 5.88 Å². The lowest BCUT2D eigenvalue weighted by Crippen LogP contribution is -2.19. The van der Waals surface area contributed by atoms with E-state index in [9.17, 15) is 13.2 Å². The molecule has 0 saturated carbocycles. The van der Waals surface area contributed by atoms with Crippen LogP contribution in [0.5, 0.6) is 11.6 Å². The molecule has 0 aliphatic carbocycles. The second-order valence-electron chi connectivity index (χ2n) is 2.64. The molecule has 0 amide bonds. The van der Waals surface area contributed by atoms with Crippen molar-refractivity contribution in [3.05, 3.63) is 15.3 Å². The topological polar surface area (TPSA) is 51.6 Å². The number of rotatable bonds is 3. The first-order valence-corrected chi connectivity index (χ1v) is 5.05. The van der Waals surface area contributed by atoms with Gasteiger partial charge in [-0.15, -0.1) is 13.2 Å². The maximum Gasteiger partial charge on any atom is 0.573 e. The lowest BCUT2D eigenvalue weighted by Gasteiger charge is -2.13. The third-order valence-corrected chi connectivity index (χ3v) is 2.49. The monoisotopic (exact) mass is 349 g/mol. The number of hydrogen-bond donors (Lipinski definition) is 1. The molecule has 1 rings (SSSR count). The van der Waals surface area contributed by atoms with Crippen LogP contribution in [0.2, 0.25) is 0 Å². The predicted octanol–water partition coefficient (Wildman–Crippen LogP) is 2.09. The quantitative estimate of drug-likeness (QED) is 0.671. The van der Waals surface area contributed by atoms with Crippen LogP contribution in [-0.4, -0.2) is 23.6 Å². The molecule has 90 valence electrons. The van der Waals surface area contributed by atoms with Gasteiger partial charge in [0.15, 0.2) is 0 Å². The fourth-order valence-corrected chi connectivity index (χ4v) is 1.63. The first-order valence-electron chi connectivity index (χ1n) is 3.97. The lowest BCUT2D eigenvalue weighted by molar-refractivity contribution is -0.275. The molecule has 0 bridgehead atoms. The number of alkyl halides is 3. The summed E-state index contributed by atoms with van der Waals surface area (Å²) >= 11 is 1.69. The standard InChI is InChI=1S/C8H7F3INO3/c1-15-6-2-5(16-8(9,10)11)4(3-14)7(12)13-6/h2,14H,3H2,1H3. The molecule has 0 aromatic carbocycles. The Morgan fingerprint density at radius 2 is 2.12 bits per heavy atom. The fraction of sp³-hybridized carbons (Fsp3) is 0.375. The highest BCUT2D eigenvalue weighted by atomic mass is 127. The Hall–Kier alpha value is -0.770. The molecule has 1 aromatic heterocycles. The Morgan fingerprint density at radius 1 is 1.50 bits per heavy atom. The molecule has 16 heavy (non-hydrogen) atoms. The molecule has 0 spiro atoms. The summed E-state index contributed by atoms with van der Waals surface area (Å²) < 4.78 is 44.8. The van der Waals surface area contributed by atoms with Gasteiger partial charge in [-0.1, -0.05) is 0 Å². The van der Waals surface area contributed by atoms with Crippen molar-refractivity contribution in [1.29, 1.82) is 0 Å². The molecule has 1 aromatic rings. The Balaban J connectivity index is 3.18. The first-order chi connectivity index (χ1) is 7.37. The molecule has 8 heteroatoms. The van der Waals surface area contributed by atoms with E-state index in [1.54, 1.807) is 22.6 Å². The van der Waals surface area contributed by atoms with Gasteiger partial charge in [-0.2, -0.15) is 0 Å². The van der Waals surface area contributed by atoms with Crippen molar-refractivity contribution in [1.82, 2.24) is 4.98 Å². The van der Waals surface area contributed by atoms with Gasteiger partial charge in [0.1, 0.15) is 9.45 Å². The van der Waals surface area contributed by atoms with Crippen molar-refractivity contribution in [3.8, 4) is 11.6 Å². The molecule has 1 heterocycles. The van der Waals surface area contributed by atoms with Crippen molar-refractivity contribution in [2.75, 3.05) is 7.11 Å². The van der Waals surface area contributed by atoms with E-state index in [0.29, 0.717) is 0 Å². The van der Waals surface area contributed by atoms with Gasteiger partial charge in [0, 0.05) is 6.07 Å². The van der Waals surface area contributed by atoms with Crippen molar-refractivity contribution < 1.29 is 27.8 Å². The summed E-state index contributed by atoms with van der Waals surface area (Å²) in [5, 5.41) is 8.93. The number of hydrogen-bond acceptors (Lipinski definition) is 4. The normalized spacial score (nSPS) is 11.4. The third kappa shape index (κ3) is 3.37. The summed E-state index contributed by atoms with van der Waals surface area (Å²) in [7, 11) is 1.27. The summed E-state index contributed by atoms with van der Waals surface area (Å²) in [5.74, 6) is -0.521. The summed E-state index contributed by atoms with van der Waals surface area (Å²) in [6.07, 6.45) is -4.82. The highest BCUT2D eigenvalue weighted by Gasteiger charge is 2.33. The van der Waals surface area contributed by atoms with E-state index in [2.05, 4.69) is 9.72 Å². The maximum atomic E-state index is 12.1. The lowest BCUT2D eigenvalue weighted by atomic mass is 10.3. The van der Waals surface area contributed by atoms with E-state index < -0.39 is 18.7 Å². The number of pyridine rings is 1. The molecule has 0 atom stereocenters. The molecule has 0 radical (unpaired) electrons. The molecule has 1 N–H and O–H groups in total. The molecule has 4 nitrogen and oxygen atoms in total. The summed E-state index contributed by atoms with van der Waals surface area (Å²) in [6, 6.07) is 0.973. The number of nitrogens with zero attached hydrogens (tertiary/aromatic N) is 1. The fourth-order valence-electron chi connectivity index (χ4n) is 0.961. The molecule has 0 unspecified atom stereocenters. The SMILES string of the molecule is COc1cc(OC(F)(F)F)c(CO)c(I)n1. The van der Waals surface area contributed by atoms with Crippen LogP contribution >= 0.6 is 22.6 Å². The Labute approximate surface area is 103 Å². The van der Waals surface area contributed by atoms with Crippen LogP contribution < -0.4 is 9.47 Å². The van der Waals surface area contributed by atoms with Gasteiger partial charge in [0.05, 0.1) is 19.3 Å². The minimum atomic E-state index is -4.82. The highest BCUT2D eigenvalue weighted by Crippen LogP contribution is 2.31. The number of halogens is 4. The van der Waals surface area contributed by atoms with Crippen LogP contribution in [0.15, 0.2) is 6.07 Å². The average Bonchev–Trinajstić information content (AvgIpc) is 2.14. The third-order valence-electron chi connectivity index (χ3n) is 1.60. The Kier molecular flexibility index (Phi) is 4.19. The van der Waals surface area contributed by atoms with Crippen LogP contribution in [0, 0.1) is 3.70 Å². The van der Waals surface area contributed by atoms with Crippen LogP contribution in [0.4, 0.5) is 13.2 Å². The number of aromatic nitrogens is 1. The number of methoxy groups -OCH3 is 1. The number of ether oxygens (including phenoxy) is 2. The zero-order chi connectivity index (χ0) is 12.3. The van der Waals surface area contributed by atoms with E-state index in [4.69, 9.17) is 9.84 Å². The second-order valence-corrected chi connectivity index (χ2v) is 3.66. The summed E-state index contributed by atoms with van der Waals surface area (Å²) in [6.45, 7) is -0.597. The minimum absolute atomic E-state index is 0.0131. The van der Waals surface area contributed by atoms with Gasteiger partial charge in [-0.25, -0.2) is 4.98 Å². The molecule has 0 saturated heterocycles. The van der Waals surface area contributed by atoms with Gasteiger partial charge in [-0.3, -0.25) is 0 Å². The Bertz CT molecular complexity index is 384. The van der Waals surface area contributed by atoms with Gasteiger partial charge >= 0.3 is 6.36 Å². The van der Waals surface area contributed by atoms with Crippen LogP contribution in [-0.2, 0) is 6.61 Å². The van der Waals surface area contributed by atoms with Crippen LogP contribution in [0.3, 0.4) is 0 Å². The summed E-state index contributed by atoms with van der Waals surface area (Å²) in [5.41, 5.74) is -0.0290. The molecule has 0 fully saturated rings. The zero-order valence-corrected chi connectivity index (χ0v) is 10.2. The van der Waals surface area contributed by atoms with Gasteiger partial charge < -0.3 is 14.6 Å². The largest absolute Gasteiger partial charge is 0.573 e. The summed E-state index contributed by atoms with van der Waals surface area (Å²) in [4.78, 5) is 3.81. The van der Waals surface area contributed by atoms with Gasteiger partial charge in [-0.05, 0) is 22.6 Å². The number of aliphatic hydroxyl groups is 1. The van der Waals surface area contributed by atoms with Crippen LogP contribution in [0.1, 0.15) is 5.56 Å². The van der Waals surface area contributed by atoms with Crippen molar-refractivity contribution >= 4 is 22.6 Å². The second kappa shape index (κ2) is 5.04. The predicted molar refractivity (Wildman–Crippen MR) is 56.1 cm³/mol. The maximum absolute atomic E-state index is 12.1. The molecule has 0 aliphatic rings.